The first kappa shape index (κ1) is 15.9. The fraction of sp³-hybridized carbons (Fsp3) is 0. The number of hydrogen-bond acceptors (Lipinski definition) is 1. The predicted octanol–water partition coefficient (Wildman–Crippen LogP) is 3.32. The van der Waals surface area contributed by atoms with E-state index in [1.165, 1.54) is 0 Å². The first-order valence-electron chi connectivity index (χ1n) is 6.59. The van der Waals surface area contributed by atoms with E-state index >= 15 is 0 Å². The second-order valence-electron chi connectivity index (χ2n) is 4.62. The molecule has 0 aliphatic carbocycles. The Labute approximate surface area is 139 Å². The van der Waals surface area contributed by atoms with Crippen molar-refractivity contribution in [2.75, 3.05) is 0 Å². The van der Waals surface area contributed by atoms with Crippen LogP contribution in [-0.2, 0) is 25.0 Å². The van der Waals surface area contributed by atoms with E-state index in [0.29, 0.717) is 0 Å². The summed E-state index contributed by atoms with van der Waals surface area (Å²) in [7, 11) is -2.78. The summed E-state index contributed by atoms with van der Waals surface area (Å²) in [5.74, 6) is 0. The monoisotopic (exact) mass is 465 g/mol. The summed E-state index contributed by atoms with van der Waals surface area (Å²) in [4.78, 5) is 0. The molecule has 3 rings (SSSR count). The van der Waals surface area contributed by atoms with Crippen molar-refractivity contribution in [3.05, 3.63) is 91.0 Å². The Hall–Kier alpha value is -1.45. The molecule has 0 atom stereocenters. The van der Waals surface area contributed by atoms with E-state index in [-0.39, 0.29) is 20.4 Å². The van der Waals surface area contributed by atoms with Crippen LogP contribution in [0.15, 0.2) is 91.0 Å². The van der Waals surface area contributed by atoms with Crippen LogP contribution < -0.4 is 15.9 Å². The molecule has 0 heterocycles. The molecule has 0 saturated carbocycles. The molecule has 0 aromatic heterocycles. The van der Waals surface area contributed by atoms with Crippen molar-refractivity contribution in [2.45, 2.75) is 0 Å². The molecule has 0 bridgehead atoms. The smallest absolute Gasteiger partial charge is 0.309 e. The number of rotatable bonds is 3. The molecule has 0 amide bonds. The quantitative estimate of drug-likeness (QED) is 0.544. The minimum atomic E-state index is -2.78. The molecular formula is C18H15OPRe+5. The summed E-state index contributed by atoms with van der Waals surface area (Å²) in [6.07, 6.45) is 0. The average Bonchev–Trinajstić information content (AvgIpc) is 2.56. The van der Waals surface area contributed by atoms with Crippen LogP contribution >= 0.6 is 7.14 Å². The van der Waals surface area contributed by atoms with E-state index in [0.717, 1.165) is 15.9 Å². The minimum Gasteiger partial charge on any atom is -0.309 e. The average molecular weight is 464 g/mol. The molecule has 3 aromatic rings. The first-order chi connectivity index (χ1) is 9.82. The molecule has 0 aliphatic heterocycles. The number of hydrogen-bond donors (Lipinski definition) is 0. The van der Waals surface area contributed by atoms with Gasteiger partial charge in [0, 0.05) is 15.9 Å². The van der Waals surface area contributed by atoms with Gasteiger partial charge in [-0.05, 0) is 0 Å². The summed E-state index contributed by atoms with van der Waals surface area (Å²) in [6.45, 7) is 0. The fourth-order valence-corrected chi connectivity index (χ4v) is 5.03. The van der Waals surface area contributed by atoms with Crippen molar-refractivity contribution in [2.24, 2.45) is 0 Å². The van der Waals surface area contributed by atoms with Gasteiger partial charge in [-0.3, -0.25) is 0 Å². The van der Waals surface area contributed by atoms with Crippen LogP contribution in [0.25, 0.3) is 0 Å². The van der Waals surface area contributed by atoms with E-state index in [4.69, 9.17) is 0 Å². The predicted molar refractivity (Wildman–Crippen MR) is 85.8 cm³/mol. The molecule has 100 valence electrons. The maximum absolute atomic E-state index is 13.8. The van der Waals surface area contributed by atoms with Crippen LogP contribution in [0.2, 0.25) is 0 Å². The molecular weight excluding hydrogens is 449 g/mol. The Balaban J connectivity index is 0.00000161. The van der Waals surface area contributed by atoms with Crippen LogP contribution in [0.4, 0.5) is 0 Å². The van der Waals surface area contributed by atoms with E-state index in [1.54, 1.807) is 0 Å². The van der Waals surface area contributed by atoms with E-state index in [1.807, 2.05) is 91.0 Å². The Bertz CT molecular complexity index is 624. The summed E-state index contributed by atoms with van der Waals surface area (Å²) in [6, 6.07) is 29.1. The molecule has 0 radical (unpaired) electrons. The zero-order valence-electron chi connectivity index (χ0n) is 11.4. The Morgan fingerprint density at radius 1 is 0.476 bits per heavy atom. The molecule has 0 aliphatic rings. The zero-order chi connectivity index (χ0) is 13.8. The number of benzene rings is 3. The van der Waals surface area contributed by atoms with E-state index < -0.39 is 7.14 Å². The van der Waals surface area contributed by atoms with Gasteiger partial charge in [0.1, 0.15) is 0 Å². The molecule has 0 N–H and O–H groups in total. The van der Waals surface area contributed by atoms with Gasteiger partial charge in [0.05, 0.1) is 0 Å². The summed E-state index contributed by atoms with van der Waals surface area (Å²) >= 11 is 0. The van der Waals surface area contributed by atoms with E-state index in [2.05, 4.69) is 0 Å². The summed E-state index contributed by atoms with van der Waals surface area (Å²) in [5, 5.41) is 2.62. The van der Waals surface area contributed by atoms with Crippen LogP contribution in [0.5, 0.6) is 0 Å². The Morgan fingerprint density at radius 3 is 0.952 bits per heavy atom. The molecule has 0 saturated heterocycles. The second kappa shape index (κ2) is 7.01. The van der Waals surface area contributed by atoms with Crippen LogP contribution in [0.1, 0.15) is 0 Å². The van der Waals surface area contributed by atoms with Gasteiger partial charge in [0.25, 0.3) is 0 Å². The second-order valence-corrected chi connectivity index (χ2v) is 7.38. The van der Waals surface area contributed by atoms with Gasteiger partial charge in [0.15, 0.2) is 7.14 Å². The van der Waals surface area contributed by atoms with Gasteiger partial charge in [-0.15, -0.1) is 0 Å². The van der Waals surface area contributed by atoms with E-state index in [9.17, 15) is 4.57 Å². The van der Waals surface area contributed by atoms with Crippen molar-refractivity contribution in [1.82, 2.24) is 0 Å². The molecule has 3 aromatic carbocycles. The SMILES string of the molecule is O=P(c1ccccc1)(c1ccccc1)c1ccccc1.[Re+5]. The Kier molecular flexibility index (Phi) is 5.32. The molecule has 0 spiro atoms. The van der Waals surface area contributed by atoms with Crippen molar-refractivity contribution < 1.29 is 25.0 Å². The molecule has 0 fully saturated rings. The molecule has 1 nitrogen and oxygen atoms in total. The van der Waals surface area contributed by atoms with Crippen molar-refractivity contribution in [3.8, 4) is 0 Å². The topological polar surface area (TPSA) is 17.1 Å². The largest absolute Gasteiger partial charge is 5.00 e. The molecule has 21 heavy (non-hydrogen) atoms. The van der Waals surface area contributed by atoms with Gasteiger partial charge in [0.2, 0.25) is 0 Å². The standard InChI is InChI=1S/C18H15OP.Re/c19-20(16-10-4-1-5-11-16,17-12-6-2-7-13-17)18-14-8-3-9-15-18;/h1-15H;/q;+5. The maximum atomic E-state index is 13.8. The molecule has 3 heteroatoms. The maximum Gasteiger partial charge on any atom is 5.00 e. The normalized spacial score (nSPS) is 10.7. The van der Waals surface area contributed by atoms with Gasteiger partial charge >= 0.3 is 20.4 Å². The van der Waals surface area contributed by atoms with Gasteiger partial charge in [-0.25, -0.2) is 0 Å². The van der Waals surface area contributed by atoms with Crippen LogP contribution in [0.3, 0.4) is 0 Å². The third kappa shape index (κ3) is 3.09. The first-order valence-corrected chi connectivity index (χ1v) is 8.29. The third-order valence-corrected chi connectivity index (χ3v) is 6.44. The van der Waals surface area contributed by atoms with Crippen molar-refractivity contribution in [3.63, 3.8) is 0 Å². The van der Waals surface area contributed by atoms with Crippen molar-refractivity contribution in [1.29, 1.82) is 0 Å². The van der Waals surface area contributed by atoms with Gasteiger partial charge < -0.3 is 4.57 Å². The third-order valence-electron chi connectivity index (χ3n) is 3.36. The van der Waals surface area contributed by atoms with Gasteiger partial charge in [-0.1, -0.05) is 91.0 Å². The zero-order valence-corrected chi connectivity index (χ0v) is 15.0. The minimum absolute atomic E-state index is 0. The summed E-state index contributed by atoms with van der Waals surface area (Å²) < 4.78 is 13.8. The van der Waals surface area contributed by atoms with Crippen LogP contribution in [-0.4, -0.2) is 0 Å². The fourth-order valence-electron chi connectivity index (χ4n) is 2.36. The van der Waals surface area contributed by atoms with Gasteiger partial charge in [-0.2, -0.15) is 0 Å². The Morgan fingerprint density at radius 2 is 0.714 bits per heavy atom. The van der Waals surface area contributed by atoms with Crippen LogP contribution in [0, 0.1) is 0 Å². The summed E-state index contributed by atoms with van der Waals surface area (Å²) in [5.41, 5.74) is 0. The molecule has 0 unspecified atom stereocenters. The van der Waals surface area contributed by atoms with Crippen molar-refractivity contribution >= 4 is 23.1 Å².